The van der Waals surface area contributed by atoms with Gasteiger partial charge in [0.15, 0.2) is 5.96 Å². The van der Waals surface area contributed by atoms with Crippen LogP contribution in [0.4, 0.5) is 0 Å². The Hall–Kier alpha value is -0.530. The van der Waals surface area contributed by atoms with Crippen LogP contribution < -0.4 is 5.73 Å². The molecular formula is C16H23ClIN3O. The van der Waals surface area contributed by atoms with Gasteiger partial charge in [-0.05, 0) is 43.4 Å². The van der Waals surface area contributed by atoms with Crippen molar-refractivity contribution in [3.05, 3.63) is 34.9 Å². The third-order valence-electron chi connectivity index (χ3n) is 4.33. The average Bonchev–Trinajstić information content (AvgIpc) is 2.43. The fraction of sp³-hybridized carbons (Fsp3) is 0.562. The minimum atomic E-state index is 0. The van der Waals surface area contributed by atoms with Crippen LogP contribution in [0.3, 0.4) is 0 Å². The van der Waals surface area contributed by atoms with E-state index >= 15 is 0 Å². The quantitative estimate of drug-likeness (QED) is 0.441. The van der Waals surface area contributed by atoms with Crippen LogP contribution in [0.25, 0.3) is 0 Å². The number of nitrogens with two attached hydrogens (primary N) is 1. The normalized spacial score (nSPS) is 28.7. The van der Waals surface area contributed by atoms with E-state index < -0.39 is 0 Å². The number of benzene rings is 1. The highest BCUT2D eigenvalue weighted by molar-refractivity contribution is 14.0. The lowest BCUT2D eigenvalue weighted by Crippen LogP contribution is -2.48. The number of guanidine groups is 1. The van der Waals surface area contributed by atoms with Crippen molar-refractivity contribution in [2.75, 3.05) is 19.7 Å². The number of aliphatic imine (C=N–C) groups is 1. The molecule has 1 saturated carbocycles. The molecule has 0 spiro atoms. The van der Waals surface area contributed by atoms with Crippen LogP contribution in [0.15, 0.2) is 29.3 Å². The molecule has 0 amide bonds. The molecule has 1 aromatic rings. The molecule has 2 fully saturated rings. The van der Waals surface area contributed by atoms with Crippen LogP contribution in [0.1, 0.15) is 31.2 Å². The summed E-state index contributed by atoms with van der Waals surface area (Å²) >= 11 is 5.92. The van der Waals surface area contributed by atoms with Gasteiger partial charge in [0, 0.05) is 18.1 Å². The molecule has 1 atom stereocenters. The number of hydrogen-bond acceptors (Lipinski definition) is 2. The number of rotatable bonds is 2. The van der Waals surface area contributed by atoms with Crippen LogP contribution in [0.5, 0.6) is 0 Å². The second-order valence-electron chi connectivity index (χ2n) is 5.99. The van der Waals surface area contributed by atoms with Gasteiger partial charge >= 0.3 is 0 Å². The molecule has 4 nitrogen and oxygen atoms in total. The monoisotopic (exact) mass is 435 g/mol. The van der Waals surface area contributed by atoms with Crippen LogP contribution in [0.2, 0.25) is 5.02 Å². The summed E-state index contributed by atoms with van der Waals surface area (Å²) < 4.78 is 5.53. The van der Waals surface area contributed by atoms with E-state index in [-0.39, 0.29) is 30.1 Å². The van der Waals surface area contributed by atoms with Crippen LogP contribution in [-0.2, 0) is 4.74 Å². The highest BCUT2D eigenvalue weighted by Crippen LogP contribution is 2.39. The molecule has 0 radical (unpaired) electrons. The maximum atomic E-state index is 6.13. The number of nitrogens with zero attached hydrogens (tertiary/aromatic N) is 2. The molecule has 22 heavy (non-hydrogen) atoms. The molecule has 122 valence electrons. The highest BCUT2D eigenvalue weighted by Gasteiger charge is 2.31. The second-order valence-corrected chi connectivity index (χ2v) is 6.42. The first kappa shape index (κ1) is 17.8. The van der Waals surface area contributed by atoms with Gasteiger partial charge in [0.25, 0.3) is 0 Å². The Morgan fingerprint density at radius 2 is 2.00 bits per heavy atom. The van der Waals surface area contributed by atoms with E-state index in [4.69, 9.17) is 22.1 Å². The van der Waals surface area contributed by atoms with Gasteiger partial charge in [-0.3, -0.25) is 0 Å². The lowest BCUT2D eigenvalue weighted by Gasteiger charge is -2.36. The largest absolute Gasteiger partial charge is 0.375 e. The van der Waals surface area contributed by atoms with Crippen LogP contribution in [-0.4, -0.2) is 42.7 Å². The predicted octanol–water partition coefficient (Wildman–Crippen LogP) is 3.24. The molecule has 1 saturated heterocycles. The first-order chi connectivity index (χ1) is 10.1. The third-order valence-corrected chi connectivity index (χ3v) is 4.59. The molecule has 1 aromatic carbocycles. The van der Waals surface area contributed by atoms with E-state index in [1.165, 1.54) is 5.56 Å². The van der Waals surface area contributed by atoms with Crippen molar-refractivity contribution in [1.82, 2.24) is 4.90 Å². The third kappa shape index (κ3) is 4.26. The molecule has 2 N–H and O–H groups in total. The van der Waals surface area contributed by atoms with Gasteiger partial charge in [-0.25, -0.2) is 4.99 Å². The maximum Gasteiger partial charge on any atom is 0.191 e. The number of morpholine rings is 1. The van der Waals surface area contributed by atoms with Crippen LogP contribution in [0, 0.1) is 0 Å². The molecule has 0 bridgehead atoms. The molecule has 1 aliphatic heterocycles. The van der Waals surface area contributed by atoms with E-state index in [9.17, 15) is 0 Å². The zero-order chi connectivity index (χ0) is 14.8. The molecule has 3 rings (SSSR count). The fourth-order valence-corrected chi connectivity index (χ4v) is 3.12. The van der Waals surface area contributed by atoms with Crippen molar-refractivity contribution >= 4 is 41.5 Å². The summed E-state index contributed by atoms with van der Waals surface area (Å²) in [7, 11) is 0. The molecule has 6 heteroatoms. The maximum absolute atomic E-state index is 6.13. The minimum Gasteiger partial charge on any atom is -0.375 e. The standard InChI is InChI=1S/C16H22ClN3O.HI/c1-11-10-20(6-7-21-11)16(18)19-15-8-13(9-15)12-2-4-14(17)5-3-12;/h2-5,11,13,15H,6-10H2,1H3,(H2,18,19);1H. The van der Waals surface area contributed by atoms with E-state index in [2.05, 4.69) is 28.9 Å². The van der Waals surface area contributed by atoms with Crippen molar-refractivity contribution < 1.29 is 4.74 Å². The predicted molar refractivity (Wildman–Crippen MR) is 101 cm³/mol. The lowest BCUT2D eigenvalue weighted by atomic mass is 9.76. The number of halogens is 2. The zero-order valence-corrected chi connectivity index (χ0v) is 15.8. The second kappa shape index (κ2) is 7.84. The Balaban J connectivity index is 0.00000176. The number of ether oxygens (including phenoxy) is 1. The van der Waals surface area contributed by atoms with E-state index in [0.717, 1.165) is 37.6 Å². The van der Waals surface area contributed by atoms with Gasteiger partial charge in [0.1, 0.15) is 0 Å². The molecule has 1 unspecified atom stereocenters. The molecule has 2 aliphatic rings. The van der Waals surface area contributed by atoms with Crippen LogP contribution >= 0.6 is 35.6 Å². The smallest absolute Gasteiger partial charge is 0.191 e. The Kier molecular flexibility index (Phi) is 6.35. The number of hydrogen-bond donors (Lipinski definition) is 1. The lowest BCUT2D eigenvalue weighted by molar-refractivity contribution is 0.00512. The first-order valence-corrected chi connectivity index (χ1v) is 7.95. The van der Waals surface area contributed by atoms with Gasteiger partial charge in [-0.1, -0.05) is 23.7 Å². The van der Waals surface area contributed by atoms with Crippen molar-refractivity contribution in [1.29, 1.82) is 0 Å². The van der Waals surface area contributed by atoms with Crippen molar-refractivity contribution in [3.8, 4) is 0 Å². The topological polar surface area (TPSA) is 50.8 Å². The van der Waals surface area contributed by atoms with Crippen molar-refractivity contribution in [2.24, 2.45) is 10.7 Å². The summed E-state index contributed by atoms with van der Waals surface area (Å²) in [6, 6.07) is 8.48. The van der Waals surface area contributed by atoms with Gasteiger partial charge in [-0.15, -0.1) is 24.0 Å². The van der Waals surface area contributed by atoms with Crippen molar-refractivity contribution in [3.63, 3.8) is 0 Å². The SMILES string of the molecule is CC1CN(C(N)=NC2CC(c3ccc(Cl)cc3)C2)CCO1.I. The van der Waals surface area contributed by atoms with E-state index in [1.807, 2.05) is 12.1 Å². The molecule has 1 aliphatic carbocycles. The Bertz CT molecular complexity index is 517. The van der Waals surface area contributed by atoms with Gasteiger partial charge < -0.3 is 15.4 Å². The molecule has 0 aromatic heterocycles. The van der Waals surface area contributed by atoms with Gasteiger partial charge in [0.2, 0.25) is 0 Å². The minimum absolute atomic E-state index is 0. The van der Waals surface area contributed by atoms with Crippen molar-refractivity contribution in [2.45, 2.75) is 37.8 Å². The summed E-state index contributed by atoms with van der Waals surface area (Å²) in [5, 5.41) is 0.790. The summed E-state index contributed by atoms with van der Waals surface area (Å²) in [6.45, 7) is 4.48. The van der Waals surface area contributed by atoms with E-state index in [1.54, 1.807) is 0 Å². The summed E-state index contributed by atoms with van der Waals surface area (Å²) in [5.74, 6) is 1.26. The highest BCUT2D eigenvalue weighted by atomic mass is 127. The van der Waals surface area contributed by atoms with Gasteiger partial charge in [0.05, 0.1) is 18.8 Å². The zero-order valence-electron chi connectivity index (χ0n) is 12.7. The Morgan fingerprint density at radius 3 is 2.64 bits per heavy atom. The van der Waals surface area contributed by atoms with Gasteiger partial charge in [-0.2, -0.15) is 0 Å². The summed E-state index contributed by atoms with van der Waals surface area (Å²) in [4.78, 5) is 6.80. The summed E-state index contributed by atoms with van der Waals surface area (Å²) in [5.41, 5.74) is 7.48. The molecular weight excluding hydrogens is 413 g/mol. The first-order valence-electron chi connectivity index (χ1n) is 7.57. The fourth-order valence-electron chi connectivity index (χ4n) is 3.00. The Morgan fingerprint density at radius 1 is 1.32 bits per heavy atom. The van der Waals surface area contributed by atoms with E-state index in [0.29, 0.717) is 17.9 Å². The Labute approximate surface area is 154 Å². The average molecular weight is 436 g/mol. The molecule has 1 heterocycles. The summed E-state index contributed by atoms with van der Waals surface area (Å²) in [6.07, 6.45) is 2.38.